The summed E-state index contributed by atoms with van der Waals surface area (Å²) in [5.41, 5.74) is 0.430. The van der Waals surface area contributed by atoms with E-state index in [4.69, 9.17) is 30.2 Å². The zero-order valence-electron chi connectivity index (χ0n) is 25.1. The highest BCUT2D eigenvalue weighted by Crippen LogP contribution is 2.57. The Hall–Kier alpha value is -4.36. The predicted molar refractivity (Wildman–Crippen MR) is 168 cm³/mol. The van der Waals surface area contributed by atoms with Crippen molar-refractivity contribution in [2.45, 2.75) is 42.2 Å². The Bertz CT molecular complexity index is 1920. The lowest BCUT2D eigenvalue weighted by molar-refractivity contribution is -0.132. The molecular weight excluding hydrogens is 632 g/mol. The van der Waals surface area contributed by atoms with Crippen LogP contribution in [0.2, 0.25) is 5.02 Å². The van der Waals surface area contributed by atoms with Crippen molar-refractivity contribution in [3.05, 3.63) is 119 Å². The maximum Gasteiger partial charge on any atom is 0.274 e. The molecule has 2 unspecified atom stereocenters. The third-order valence-corrected chi connectivity index (χ3v) is 10.6. The molecule has 1 saturated heterocycles. The molecule has 7 rings (SSSR count). The summed E-state index contributed by atoms with van der Waals surface area (Å²) in [5, 5.41) is 3.48. The van der Waals surface area contributed by atoms with Gasteiger partial charge in [-0.1, -0.05) is 35.9 Å². The molecule has 3 aliphatic rings. The smallest absolute Gasteiger partial charge is 0.274 e. The van der Waals surface area contributed by atoms with Gasteiger partial charge in [-0.15, -0.1) is 0 Å². The molecule has 0 spiro atoms. The number of oxazole rings is 1. The van der Waals surface area contributed by atoms with Gasteiger partial charge in [0, 0.05) is 29.2 Å². The fourth-order valence-electron chi connectivity index (χ4n) is 6.64. The van der Waals surface area contributed by atoms with E-state index in [1.54, 1.807) is 24.4 Å². The molecule has 0 saturated carbocycles. The number of anilines is 1. The van der Waals surface area contributed by atoms with Gasteiger partial charge in [0.05, 0.1) is 29.9 Å². The fraction of sp³-hybridized carbons (Fsp3) is 0.273. The number of carbonyl (C=O) groups excluding carboxylic acids is 1. The third-order valence-electron chi connectivity index (χ3n) is 8.64. The van der Waals surface area contributed by atoms with E-state index in [1.807, 2.05) is 36.2 Å². The largest absolute Gasteiger partial charge is 0.497 e. The van der Waals surface area contributed by atoms with E-state index in [1.165, 1.54) is 43.9 Å². The summed E-state index contributed by atoms with van der Waals surface area (Å²) in [4.78, 5) is 21.5. The minimum absolute atomic E-state index is 0.0829. The van der Waals surface area contributed by atoms with E-state index in [2.05, 4.69) is 10.3 Å². The molecule has 0 radical (unpaired) electrons. The number of benzene rings is 3. The average molecular weight is 663 g/mol. The van der Waals surface area contributed by atoms with Crippen LogP contribution < -0.4 is 14.4 Å². The molecule has 4 aromatic rings. The van der Waals surface area contributed by atoms with Gasteiger partial charge >= 0.3 is 0 Å². The number of nitrogens with zero attached hydrogens (tertiary/aromatic N) is 3. The van der Waals surface area contributed by atoms with Gasteiger partial charge in [-0.25, -0.2) is 17.7 Å². The monoisotopic (exact) mass is 662 g/mol. The molecule has 1 N–H and O–H groups in total. The van der Waals surface area contributed by atoms with Gasteiger partial charge in [-0.3, -0.25) is 9.69 Å². The number of hydrogen-bond donors (Lipinski definition) is 1. The van der Waals surface area contributed by atoms with Gasteiger partial charge in [0.2, 0.25) is 5.89 Å². The van der Waals surface area contributed by atoms with Gasteiger partial charge in [0.1, 0.15) is 18.3 Å². The summed E-state index contributed by atoms with van der Waals surface area (Å²) in [6.07, 6.45) is 4.84. The number of sulfonamides is 1. The van der Waals surface area contributed by atoms with Gasteiger partial charge in [0.15, 0.2) is 11.3 Å². The first kappa shape index (κ1) is 30.3. The van der Waals surface area contributed by atoms with E-state index in [0.29, 0.717) is 48.2 Å². The second kappa shape index (κ2) is 11.8. The number of carbonyl (C=O) groups is 1. The van der Waals surface area contributed by atoms with Crippen molar-refractivity contribution in [3.8, 4) is 5.75 Å². The second-order valence-corrected chi connectivity index (χ2v) is 13.4. The van der Waals surface area contributed by atoms with Crippen LogP contribution in [0.5, 0.6) is 5.75 Å². The molecule has 13 heteroatoms. The minimum Gasteiger partial charge on any atom is -0.497 e. The van der Waals surface area contributed by atoms with Crippen molar-refractivity contribution in [3.63, 3.8) is 0 Å². The third kappa shape index (κ3) is 4.66. The van der Waals surface area contributed by atoms with Gasteiger partial charge in [-0.05, 0) is 67.9 Å². The van der Waals surface area contributed by atoms with Crippen molar-refractivity contribution in [2.75, 3.05) is 25.0 Å². The molecule has 11 nitrogen and oxygen atoms in total. The topological polar surface area (TPSA) is 123 Å². The molecule has 0 aliphatic carbocycles. The van der Waals surface area contributed by atoms with Gasteiger partial charge < -0.3 is 23.9 Å². The summed E-state index contributed by atoms with van der Waals surface area (Å²) < 4.78 is 53.4. The molecule has 3 aromatic carbocycles. The summed E-state index contributed by atoms with van der Waals surface area (Å²) in [5.74, 6) is 0.264. The summed E-state index contributed by atoms with van der Waals surface area (Å²) in [6, 6.07) is 17.8. The molecule has 0 bridgehead atoms. The van der Waals surface area contributed by atoms with Crippen LogP contribution in [0.25, 0.3) is 0 Å². The minimum atomic E-state index is -4.43. The van der Waals surface area contributed by atoms with E-state index in [9.17, 15) is 8.42 Å². The molecule has 46 heavy (non-hydrogen) atoms. The number of aromatic nitrogens is 1. The summed E-state index contributed by atoms with van der Waals surface area (Å²) in [6.45, 7) is 0.965. The number of likely N-dealkylation sites (tertiary alicyclic amines) is 1. The number of fused-ring (bicyclic) bond motifs is 1. The van der Waals surface area contributed by atoms with Gasteiger partial charge in [-0.2, -0.15) is 0 Å². The Morgan fingerprint density at radius 2 is 1.93 bits per heavy atom. The van der Waals surface area contributed by atoms with Crippen LogP contribution in [-0.4, -0.2) is 44.9 Å². The normalized spacial score (nSPS) is 22.8. The fourth-order valence-corrected chi connectivity index (χ4v) is 8.27. The predicted octanol–water partition coefficient (Wildman–Crippen LogP) is 5.41. The molecule has 238 valence electrons. The number of methoxy groups -OCH3 is 1. The van der Waals surface area contributed by atoms with Crippen molar-refractivity contribution in [1.29, 1.82) is 0 Å². The Morgan fingerprint density at radius 3 is 2.67 bits per heavy atom. The highest BCUT2D eigenvalue weighted by Gasteiger charge is 2.65. The Morgan fingerprint density at radius 1 is 1.13 bits per heavy atom. The van der Waals surface area contributed by atoms with Crippen molar-refractivity contribution >= 4 is 33.2 Å². The van der Waals surface area contributed by atoms with E-state index in [-0.39, 0.29) is 16.3 Å². The number of amides is 1. The lowest BCUT2D eigenvalue weighted by Gasteiger charge is -2.40. The molecule has 1 amide bonds. The molecule has 1 fully saturated rings. The van der Waals surface area contributed by atoms with Crippen molar-refractivity contribution < 1.29 is 31.8 Å². The maximum absolute atomic E-state index is 15.2. The standard InChI is InChI=1S/C33H31ClN4O7S/c1-35-19-21-6-3-4-7-25(21)31-44-20-29(45-31)33(37-16-5-8-28(37)30-36-15-17-43-30)26-18-22(34)9-14-27(26)38(32(33)39)46(40,41)24-12-10-23(42-2)11-13-24/h3-4,6-7,9-15,17-18,20,28,31,35H,5,8,16,19H2,1-2H3/t28-,31?,33?/m0/s1. The Labute approximate surface area is 271 Å². The van der Waals surface area contributed by atoms with Crippen molar-refractivity contribution in [1.82, 2.24) is 15.2 Å². The molecular formula is C33H31ClN4O7S. The van der Waals surface area contributed by atoms with E-state index < -0.39 is 33.8 Å². The van der Waals surface area contributed by atoms with Gasteiger partial charge in [0.25, 0.3) is 22.2 Å². The molecule has 3 atom stereocenters. The first-order chi connectivity index (χ1) is 22.3. The number of halogens is 1. The average Bonchev–Trinajstić information content (AvgIpc) is 3.88. The highest BCUT2D eigenvalue weighted by molar-refractivity contribution is 7.93. The zero-order chi connectivity index (χ0) is 32.1. The molecule has 4 heterocycles. The SMILES string of the molecule is CNCc1ccccc1C1OC=C(C2(N3CCC[C@H]3c3ncco3)C(=O)N(S(=O)(=O)c3ccc(OC)cc3)c3ccc(Cl)cc32)O1. The zero-order valence-corrected chi connectivity index (χ0v) is 26.6. The first-order valence-electron chi connectivity index (χ1n) is 14.8. The lowest BCUT2D eigenvalue weighted by atomic mass is 9.86. The summed E-state index contributed by atoms with van der Waals surface area (Å²) >= 11 is 6.60. The number of nitrogens with one attached hydrogen (secondary N) is 1. The second-order valence-electron chi connectivity index (χ2n) is 11.1. The first-order valence-corrected chi connectivity index (χ1v) is 16.6. The van der Waals surface area contributed by atoms with Crippen LogP contribution in [0.1, 0.15) is 47.8 Å². The van der Waals surface area contributed by atoms with Crippen LogP contribution in [0, 0.1) is 0 Å². The number of hydrogen-bond acceptors (Lipinski definition) is 10. The quantitative estimate of drug-likeness (QED) is 0.249. The molecule has 1 aromatic heterocycles. The van der Waals surface area contributed by atoms with Crippen molar-refractivity contribution in [2.24, 2.45) is 0 Å². The van der Waals surface area contributed by atoms with Crippen LogP contribution in [0.15, 0.2) is 101 Å². The number of rotatable bonds is 9. The van der Waals surface area contributed by atoms with Crippen LogP contribution in [0.4, 0.5) is 5.69 Å². The van der Waals surface area contributed by atoms with Crippen LogP contribution in [0.3, 0.4) is 0 Å². The number of ether oxygens (including phenoxy) is 3. The van der Waals surface area contributed by atoms with E-state index in [0.717, 1.165) is 15.4 Å². The maximum atomic E-state index is 15.2. The highest BCUT2D eigenvalue weighted by atomic mass is 35.5. The molecule has 3 aliphatic heterocycles. The Balaban J connectivity index is 1.41. The lowest BCUT2D eigenvalue weighted by Crippen LogP contribution is -2.55. The van der Waals surface area contributed by atoms with Crippen LogP contribution in [-0.2, 0) is 36.4 Å². The van der Waals surface area contributed by atoms with E-state index >= 15 is 4.79 Å². The summed E-state index contributed by atoms with van der Waals surface area (Å²) in [7, 11) is -1.10. The Kier molecular flexibility index (Phi) is 7.76. The van der Waals surface area contributed by atoms with Crippen LogP contribution >= 0.6 is 11.6 Å².